The molecule has 20 heavy (non-hydrogen) atoms. The van der Waals surface area contributed by atoms with Gasteiger partial charge in [-0.3, -0.25) is 0 Å². The summed E-state index contributed by atoms with van der Waals surface area (Å²) >= 11 is 0. The Balaban J connectivity index is 2.21. The molecule has 6 nitrogen and oxygen atoms in total. The number of nitrogens with one attached hydrogen (secondary N) is 1. The van der Waals surface area contributed by atoms with Crippen LogP contribution in [0.25, 0.3) is 5.69 Å². The smallest absolute Gasteiger partial charge is 0.377 e. The summed E-state index contributed by atoms with van der Waals surface area (Å²) in [5, 5.41) is 7.34. The van der Waals surface area contributed by atoms with Crippen LogP contribution < -0.4 is 5.32 Å². The number of esters is 1. The highest BCUT2D eigenvalue weighted by Gasteiger charge is 2.12. The molecular weight excluding hydrogens is 256 g/mol. The quantitative estimate of drug-likeness (QED) is 0.841. The minimum atomic E-state index is -0.540. The predicted octanol–water partition coefficient (Wildman–Crippen LogP) is 1.72. The van der Waals surface area contributed by atoms with Crippen molar-refractivity contribution in [2.75, 3.05) is 14.2 Å². The average molecular weight is 274 g/mol. The Labute approximate surface area is 117 Å². The maximum atomic E-state index is 11.3. The first-order valence-corrected chi connectivity index (χ1v) is 6.47. The number of rotatable bonds is 5. The minimum absolute atomic E-state index is 0.0539. The van der Waals surface area contributed by atoms with Crippen LogP contribution in [0, 0.1) is 0 Å². The highest BCUT2D eigenvalue weighted by molar-refractivity contribution is 5.84. The Morgan fingerprint density at radius 1 is 1.40 bits per heavy atom. The van der Waals surface area contributed by atoms with E-state index in [1.807, 2.05) is 31.3 Å². The molecule has 0 aliphatic carbocycles. The molecule has 0 saturated carbocycles. The third-order valence-corrected chi connectivity index (χ3v) is 3.18. The van der Waals surface area contributed by atoms with Gasteiger partial charge in [0.05, 0.1) is 12.8 Å². The zero-order valence-corrected chi connectivity index (χ0v) is 11.8. The third-order valence-electron chi connectivity index (χ3n) is 3.18. The van der Waals surface area contributed by atoms with E-state index in [1.54, 1.807) is 4.68 Å². The van der Waals surface area contributed by atoms with Gasteiger partial charge in [0.25, 0.3) is 5.82 Å². The monoisotopic (exact) mass is 274 g/mol. The largest absolute Gasteiger partial charge is 0.463 e. The van der Waals surface area contributed by atoms with Crippen molar-refractivity contribution in [2.45, 2.75) is 19.4 Å². The van der Waals surface area contributed by atoms with Crippen molar-refractivity contribution in [1.82, 2.24) is 20.1 Å². The van der Waals surface area contributed by atoms with Gasteiger partial charge in [0.2, 0.25) is 0 Å². The molecule has 6 heteroatoms. The summed E-state index contributed by atoms with van der Waals surface area (Å²) in [5.41, 5.74) is 2.06. The molecule has 1 unspecified atom stereocenters. The molecule has 0 bridgehead atoms. The van der Waals surface area contributed by atoms with Crippen molar-refractivity contribution in [3.05, 3.63) is 42.0 Å². The van der Waals surface area contributed by atoms with E-state index in [0.29, 0.717) is 6.04 Å². The summed E-state index contributed by atoms with van der Waals surface area (Å²) in [6.07, 6.45) is 2.52. The van der Waals surface area contributed by atoms with Crippen molar-refractivity contribution in [3.8, 4) is 5.69 Å². The SMILES string of the molecule is CCC(NC)c1ccc(-n2cnc(C(=O)OC)n2)cc1. The lowest BCUT2D eigenvalue weighted by atomic mass is 10.0. The maximum absolute atomic E-state index is 11.3. The molecule has 0 aliphatic rings. The Kier molecular flexibility index (Phi) is 4.47. The fraction of sp³-hybridized carbons (Fsp3) is 0.357. The number of hydrogen-bond acceptors (Lipinski definition) is 5. The molecule has 0 radical (unpaired) electrons. The van der Waals surface area contributed by atoms with Crippen LogP contribution >= 0.6 is 0 Å². The molecule has 1 atom stereocenters. The average Bonchev–Trinajstić information content (AvgIpc) is 2.98. The first-order chi connectivity index (χ1) is 9.69. The molecule has 0 saturated heterocycles. The standard InChI is InChI=1S/C14H18N4O2/c1-4-12(15-2)10-5-7-11(8-6-10)18-9-16-13(17-18)14(19)20-3/h5-9,12,15H,4H2,1-3H3. The van der Waals surface area contributed by atoms with Gasteiger partial charge in [-0.25, -0.2) is 14.5 Å². The molecule has 0 spiro atoms. The first kappa shape index (κ1) is 14.2. The number of methoxy groups -OCH3 is 1. The van der Waals surface area contributed by atoms with E-state index in [-0.39, 0.29) is 5.82 Å². The molecule has 2 aromatic rings. The molecule has 1 aromatic heterocycles. The second-order valence-corrected chi connectivity index (χ2v) is 4.35. The van der Waals surface area contributed by atoms with Gasteiger partial charge in [0.15, 0.2) is 0 Å². The number of ether oxygens (including phenoxy) is 1. The van der Waals surface area contributed by atoms with E-state index < -0.39 is 5.97 Å². The number of nitrogens with zero attached hydrogens (tertiary/aromatic N) is 3. The lowest BCUT2D eigenvalue weighted by molar-refractivity contribution is 0.0587. The molecular formula is C14H18N4O2. The molecule has 0 amide bonds. The number of aromatic nitrogens is 3. The molecule has 106 valence electrons. The normalized spacial score (nSPS) is 12.2. The van der Waals surface area contributed by atoms with Crippen molar-refractivity contribution in [3.63, 3.8) is 0 Å². The maximum Gasteiger partial charge on any atom is 0.377 e. The van der Waals surface area contributed by atoms with Crippen molar-refractivity contribution in [2.24, 2.45) is 0 Å². The summed E-state index contributed by atoms with van der Waals surface area (Å²) in [7, 11) is 3.25. The lowest BCUT2D eigenvalue weighted by Crippen LogP contribution is -2.15. The van der Waals surface area contributed by atoms with E-state index in [4.69, 9.17) is 0 Å². The molecule has 1 N–H and O–H groups in total. The van der Waals surface area contributed by atoms with Crippen molar-refractivity contribution >= 4 is 5.97 Å². The van der Waals surface area contributed by atoms with E-state index in [2.05, 4.69) is 27.1 Å². The second kappa shape index (κ2) is 6.29. The van der Waals surface area contributed by atoms with Crippen LogP contribution in [-0.4, -0.2) is 34.9 Å². The van der Waals surface area contributed by atoms with E-state index in [0.717, 1.165) is 12.1 Å². The first-order valence-electron chi connectivity index (χ1n) is 6.47. The van der Waals surface area contributed by atoms with Gasteiger partial charge < -0.3 is 10.1 Å². The highest BCUT2D eigenvalue weighted by Crippen LogP contribution is 2.17. The van der Waals surface area contributed by atoms with Gasteiger partial charge in [0.1, 0.15) is 6.33 Å². The van der Waals surface area contributed by atoms with Gasteiger partial charge in [0, 0.05) is 6.04 Å². The molecule has 2 rings (SSSR count). The predicted molar refractivity (Wildman–Crippen MR) is 74.8 cm³/mol. The second-order valence-electron chi connectivity index (χ2n) is 4.35. The summed E-state index contributed by atoms with van der Waals surface area (Å²) in [6.45, 7) is 2.13. The van der Waals surface area contributed by atoms with E-state index >= 15 is 0 Å². The Bertz CT molecular complexity index is 573. The lowest BCUT2D eigenvalue weighted by Gasteiger charge is -2.14. The number of hydrogen-bond donors (Lipinski definition) is 1. The van der Waals surface area contributed by atoms with Crippen LogP contribution in [0.5, 0.6) is 0 Å². The van der Waals surface area contributed by atoms with E-state index in [1.165, 1.54) is 19.0 Å². The summed E-state index contributed by atoms with van der Waals surface area (Å²) in [6, 6.07) is 8.32. The summed E-state index contributed by atoms with van der Waals surface area (Å²) < 4.78 is 6.13. The van der Waals surface area contributed by atoms with Gasteiger partial charge in [-0.2, -0.15) is 0 Å². The van der Waals surface area contributed by atoms with Gasteiger partial charge >= 0.3 is 5.97 Å². The fourth-order valence-corrected chi connectivity index (χ4v) is 2.04. The molecule has 0 fully saturated rings. The number of carbonyl (C=O) groups is 1. The van der Waals surface area contributed by atoms with Gasteiger partial charge in [-0.1, -0.05) is 19.1 Å². The van der Waals surface area contributed by atoms with Crippen molar-refractivity contribution < 1.29 is 9.53 Å². The Morgan fingerprint density at radius 3 is 2.65 bits per heavy atom. The fourth-order valence-electron chi connectivity index (χ4n) is 2.04. The zero-order valence-electron chi connectivity index (χ0n) is 11.8. The summed E-state index contributed by atoms with van der Waals surface area (Å²) in [5.74, 6) is -0.486. The molecule has 1 aromatic carbocycles. The number of benzene rings is 1. The van der Waals surface area contributed by atoms with Crippen molar-refractivity contribution in [1.29, 1.82) is 0 Å². The topological polar surface area (TPSA) is 69.0 Å². The van der Waals surface area contributed by atoms with Crippen LogP contribution in [0.1, 0.15) is 35.6 Å². The van der Waals surface area contributed by atoms with Gasteiger partial charge in [-0.15, -0.1) is 5.10 Å². The van der Waals surface area contributed by atoms with Crippen LogP contribution in [0.4, 0.5) is 0 Å². The van der Waals surface area contributed by atoms with E-state index in [9.17, 15) is 4.79 Å². The molecule has 0 aliphatic heterocycles. The number of carbonyl (C=O) groups excluding carboxylic acids is 1. The van der Waals surface area contributed by atoms with Crippen LogP contribution in [0.3, 0.4) is 0 Å². The highest BCUT2D eigenvalue weighted by atomic mass is 16.5. The van der Waals surface area contributed by atoms with Crippen LogP contribution in [-0.2, 0) is 4.74 Å². The third kappa shape index (κ3) is 2.85. The zero-order chi connectivity index (χ0) is 14.5. The Morgan fingerprint density at radius 2 is 2.10 bits per heavy atom. The van der Waals surface area contributed by atoms with Crippen LogP contribution in [0.2, 0.25) is 0 Å². The molecule has 1 heterocycles. The van der Waals surface area contributed by atoms with Gasteiger partial charge in [-0.05, 0) is 31.2 Å². The van der Waals surface area contributed by atoms with Crippen LogP contribution in [0.15, 0.2) is 30.6 Å². The minimum Gasteiger partial charge on any atom is -0.463 e. The summed E-state index contributed by atoms with van der Waals surface area (Å²) in [4.78, 5) is 15.2. The Hall–Kier alpha value is -2.21.